The van der Waals surface area contributed by atoms with Gasteiger partial charge in [0.25, 0.3) is 0 Å². The molecule has 2 N–H and O–H groups in total. The number of hydrogen-bond acceptors (Lipinski definition) is 5. The third-order valence-electron chi connectivity index (χ3n) is 4.09. The first-order chi connectivity index (χ1) is 10.2. The molecule has 2 unspecified atom stereocenters. The molecule has 5 heteroatoms. The van der Waals surface area contributed by atoms with Crippen LogP contribution in [0.2, 0.25) is 0 Å². The van der Waals surface area contributed by atoms with Gasteiger partial charge >= 0.3 is 0 Å². The van der Waals surface area contributed by atoms with Gasteiger partial charge in [-0.3, -0.25) is 0 Å². The Bertz CT molecular complexity index is 485. The predicted octanol–water partition coefficient (Wildman–Crippen LogP) is 1.65. The minimum absolute atomic E-state index is 0.0908. The molecule has 2 heterocycles. The summed E-state index contributed by atoms with van der Waals surface area (Å²) in [5.74, 6) is 1.46. The lowest BCUT2D eigenvalue weighted by Gasteiger charge is -2.25. The van der Waals surface area contributed by atoms with Crippen LogP contribution in [0.25, 0.3) is 0 Å². The summed E-state index contributed by atoms with van der Waals surface area (Å²) in [5, 5.41) is 13.6. The number of aliphatic hydroxyl groups is 1. The van der Waals surface area contributed by atoms with E-state index in [0.717, 1.165) is 37.3 Å². The number of fused-ring (bicyclic) bond motifs is 1. The number of benzene rings is 1. The zero-order valence-corrected chi connectivity index (χ0v) is 12.4. The number of aliphatic hydroxyl groups excluding tert-OH is 1. The van der Waals surface area contributed by atoms with Crippen LogP contribution < -0.4 is 14.8 Å². The first-order valence-electron chi connectivity index (χ1n) is 7.59. The minimum Gasteiger partial charge on any atom is -0.486 e. The van der Waals surface area contributed by atoms with E-state index >= 15 is 0 Å². The van der Waals surface area contributed by atoms with Crippen LogP contribution in [0, 0.1) is 0 Å². The van der Waals surface area contributed by atoms with Crippen molar-refractivity contribution < 1.29 is 19.3 Å². The van der Waals surface area contributed by atoms with Crippen molar-refractivity contribution in [3.05, 3.63) is 23.8 Å². The summed E-state index contributed by atoms with van der Waals surface area (Å²) in [4.78, 5) is 0. The fourth-order valence-electron chi connectivity index (χ4n) is 2.83. The maximum atomic E-state index is 10.3. The zero-order valence-electron chi connectivity index (χ0n) is 12.4. The average Bonchev–Trinajstić information content (AvgIpc) is 2.93. The first kappa shape index (κ1) is 14.6. The highest BCUT2D eigenvalue weighted by molar-refractivity contribution is 5.44. The lowest BCUT2D eigenvalue weighted by molar-refractivity contribution is 0.0185. The Morgan fingerprint density at radius 2 is 2.05 bits per heavy atom. The molecule has 2 aliphatic rings. The van der Waals surface area contributed by atoms with Crippen LogP contribution >= 0.6 is 0 Å². The molecule has 2 aliphatic heterocycles. The van der Waals surface area contributed by atoms with E-state index in [1.54, 1.807) is 0 Å². The van der Waals surface area contributed by atoms with Crippen molar-refractivity contribution >= 4 is 0 Å². The fraction of sp³-hybridized carbons (Fsp3) is 0.625. The molecule has 0 aromatic heterocycles. The Morgan fingerprint density at radius 1 is 1.24 bits per heavy atom. The van der Waals surface area contributed by atoms with Gasteiger partial charge in [0, 0.05) is 19.7 Å². The van der Waals surface area contributed by atoms with E-state index < -0.39 is 6.10 Å². The highest BCUT2D eigenvalue weighted by Crippen LogP contribution is 2.32. The van der Waals surface area contributed by atoms with E-state index in [1.165, 1.54) is 0 Å². The average molecular weight is 293 g/mol. The van der Waals surface area contributed by atoms with E-state index in [9.17, 15) is 5.11 Å². The molecule has 5 nitrogen and oxygen atoms in total. The molecule has 0 radical (unpaired) electrons. The van der Waals surface area contributed by atoms with Gasteiger partial charge in [0.1, 0.15) is 13.2 Å². The van der Waals surface area contributed by atoms with Gasteiger partial charge in [-0.05, 0) is 37.5 Å². The summed E-state index contributed by atoms with van der Waals surface area (Å²) in [5.41, 5.74) is 0.747. The summed E-state index contributed by atoms with van der Waals surface area (Å²) < 4.78 is 16.7. The molecule has 2 atom stereocenters. The topological polar surface area (TPSA) is 60.0 Å². The Morgan fingerprint density at radius 3 is 2.81 bits per heavy atom. The van der Waals surface area contributed by atoms with Crippen molar-refractivity contribution in [2.45, 2.75) is 31.5 Å². The molecule has 1 aromatic rings. The molecule has 0 bridgehead atoms. The molecule has 1 fully saturated rings. The number of nitrogens with one attached hydrogen (secondary N) is 1. The van der Waals surface area contributed by atoms with Gasteiger partial charge < -0.3 is 24.6 Å². The Labute approximate surface area is 125 Å². The van der Waals surface area contributed by atoms with Crippen LogP contribution in [-0.2, 0) is 4.74 Å². The zero-order chi connectivity index (χ0) is 14.7. The van der Waals surface area contributed by atoms with Crippen molar-refractivity contribution in [1.29, 1.82) is 0 Å². The van der Waals surface area contributed by atoms with Crippen LogP contribution in [0.3, 0.4) is 0 Å². The van der Waals surface area contributed by atoms with Crippen LogP contribution in [0.15, 0.2) is 18.2 Å². The third-order valence-corrected chi connectivity index (χ3v) is 4.09. The highest BCUT2D eigenvalue weighted by Gasteiger charge is 2.29. The third kappa shape index (κ3) is 3.48. The molecule has 0 amide bonds. The smallest absolute Gasteiger partial charge is 0.161 e. The second-order valence-corrected chi connectivity index (χ2v) is 5.95. The van der Waals surface area contributed by atoms with Crippen molar-refractivity contribution in [3.8, 4) is 11.5 Å². The summed E-state index contributed by atoms with van der Waals surface area (Å²) in [7, 11) is 0. The van der Waals surface area contributed by atoms with Crippen molar-refractivity contribution in [2.24, 2.45) is 0 Å². The SMILES string of the molecule is CC1(CNCC(O)c2ccc3c(c2)OCCO3)CCCO1. The highest BCUT2D eigenvalue weighted by atomic mass is 16.6. The molecular weight excluding hydrogens is 270 g/mol. The van der Waals surface area contributed by atoms with E-state index in [0.29, 0.717) is 25.5 Å². The Hall–Kier alpha value is -1.30. The summed E-state index contributed by atoms with van der Waals surface area (Å²) >= 11 is 0. The van der Waals surface area contributed by atoms with Crippen molar-refractivity contribution in [2.75, 3.05) is 32.9 Å². The van der Waals surface area contributed by atoms with E-state index in [4.69, 9.17) is 14.2 Å². The summed E-state index contributed by atoms with van der Waals surface area (Å²) in [6.07, 6.45) is 1.62. The molecule has 0 saturated carbocycles. The number of hydrogen-bond donors (Lipinski definition) is 2. The van der Waals surface area contributed by atoms with Gasteiger partial charge in [0.15, 0.2) is 11.5 Å². The maximum absolute atomic E-state index is 10.3. The van der Waals surface area contributed by atoms with Crippen molar-refractivity contribution in [3.63, 3.8) is 0 Å². The molecule has 0 spiro atoms. The predicted molar refractivity (Wildman–Crippen MR) is 78.9 cm³/mol. The van der Waals surface area contributed by atoms with Crippen LogP contribution in [-0.4, -0.2) is 43.6 Å². The van der Waals surface area contributed by atoms with Gasteiger partial charge in [-0.25, -0.2) is 0 Å². The molecule has 21 heavy (non-hydrogen) atoms. The molecular formula is C16H23NO4. The summed E-state index contributed by atoms with van der Waals surface area (Å²) in [6, 6.07) is 5.59. The molecule has 116 valence electrons. The van der Waals surface area contributed by atoms with Gasteiger partial charge in [0.05, 0.1) is 11.7 Å². The fourth-order valence-corrected chi connectivity index (χ4v) is 2.83. The Kier molecular flexibility index (Phi) is 4.33. The largest absolute Gasteiger partial charge is 0.486 e. The normalized spacial score (nSPS) is 25.8. The molecule has 3 rings (SSSR count). The standard InChI is InChI=1S/C16H23NO4/c1-16(5-2-6-21-16)11-17-10-13(18)12-3-4-14-15(9-12)20-8-7-19-14/h3-4,9,13,17-18H,2,5-8,10-11H2,1H3. The van der Waals surface area contributed by atoms with E-state index in [2.05, 4.69) is 12.2 Å². The minimum atomic E-state index is -0.564. The number of ether oxygens (including phenoxy) is 3. The van der Waals surface area contributed by atoms with Gasteiger partial charge in [-0.2, -0.15) is 0 Å². The van der Waals surface area contributed by atoms with E-state index in [-0.39, 0.29) is 5.60 Å². The first-order valence-corrected chi connectivity index (χ1v) is 7.59. The lowest BCUT2D eigenvalue weighted by atomic mass is 10.0. The van der Waals surface area contributed by atoms with Gasteiger partial charge in [-0.1, -0.05) is 6.07 Å². The van der Waals surface area contributed by atoms with Gasteiger partial charge in [-0.15, -0.1) is 0 Å². The van der Waals surface area contributed by atoms with Crippen LogP contribution in [0.1, 0.15) is 31.4 Å². The van der Waals surface area contributed by atoms with Crippen molar-refractivity contribution in [1.82, 2.24) is 5.32 Å². The molecule has 0 aliphatic carbocycles. The summed E-state index contributed by atoms with van der Waals surface area (Å²) in [6.45, 7) is 5.34. The van der Waals surface area contributed by atoms with E-state index in [1.807, 2.05) is 18.2 Å². The lowest BCUT2D eigenvalue weighted by Crippen LogP contribution is -2.38. The molecule has 1 aromatic carbocycles. The maximum Gasteiger partial charge on any atom is 0.161 e. The van der Waals surface area contributed by atoms with Gasteiger partial charge in [0.2, 0.25) is 0 Å². The van der Waals surface area contributed by atoms with Crippen LogP contribution in [0.4, 0.5) is 0 Å². The monoisotopic (exact) mass is 293 g/mol. The Balaban J connectivity index is 1.54. The number of rotatable bonds is 5. The second kappa shape index (κ2) is 6.22. The second-order valence-electron chi connectivity index (χ2n) is 5.95. The van der Waals surface area contributed by atoms with Crippen LogP contribution in [0.5, 0.6) is 11.5 Å². The molecule has 1 saturated heterocycles. The quantitative estimate of drug-likeness (QED) is 0.864.